The number of Topliss-reactive ketones (excluding diaryl/α,β-unsaturated/α-hetero) is 1. The zero-order valence-electron chi connectivity index (χ0n) is 12.6. The van der Waals surface area contributed by atoms with Gasteiger partial charge in [0.15, 0.2) is 11.4 Å². The third-order valence-corrected chi connectivity index (χ3v) is 3.13. The van der Waals surface area contributed by atoms with Crippen LogP contribution in [0.4, 0.5) is 0 Å². The Morgan fingerprint density at radius 2 is 2.30 bits per heavy atom. The van der Waals surface area contributed by atoms with Gasteiger partial charge in [-0.15, -0.1) is 0 Å². The molecule has 1 heterocycles. The van der Waals surface area contributed by atoms with Crippen LogP contribution in [-0.4, -0.2) is 54.5 Å². The summed E-state index contributed by atoms with van der Waals surface area (Å²) in [6.07, 6.45) is 5.75. The molecule has 2 atom stereocenters. The third kappa shape index (κ3) is 5.15. The molecule has 5 heteroatoms. The lowest BCUT2D eigenvalue weighted by molar-refractivity contribution is -0.140. The van der Waals surface area contributed by atoms with Gasteiger partial charge in [-0.05, 0) is 18.6 Å². The van der Waals surface area contributed by atoms with Gasteiger partial charge in [0.25, 0.3) is 0 Å². The summed E-state index contributed by atoms with van der Waals surface area (Å²) in [5, 5.41) is 13.0. The number of ether oxygens (including phenoxy) is 1. The van der Waals surface area contributed by atoms with Crippen LogP contribution in [0.25, 0.3) is 0 Å². The van der Waals surface area contributed by atoms with Gasteiger partial charge in [-0.25, -0.2) is 0 Å². The minimum Gasteiger partial charge on any atom is -0.389 e. The molecule has 5 nitrogen and oxygen atoms in total. The molecule has 1 aliphatic heterocycles. The fourth-order valence-corrected chi connectivity index (χ4v) is 1.97. The molecule has 0 aliphatic carbocycles. The zero-order chi connectivity index (χ0) is 15.0. The topological polar surface area (TPSA) is 70.9 Å². The number of nitrogens with one attached hydrogen (secondary N) is 1. The molecule has 0 aromatic rings. The van der Waals surface area contributed by atoms with Crippen molar-refractivity contribution in [1.29, 1.82) is 0 Å². The van der Waals surface area contributed by atoms with Crippen LogP contribution < -0.4 is 5.32 Å². The molecule has 0 aromatic heterocycles. The van der Waals surface area contributed by atoms with Crippen molar-refractivity contribution in [2.24, 2.45) is 4.99 Å². The molecule has 1 aliphatic rings. The van der Waals surface area contributed by atoms with Crippen molar-refractivity contribution in [3.63, 3.8) is 0 Å². The maximum Gasteiger partial charge on any atom is 0.170 e. The number of dihydropyridines is 1. The number of aliphatic hydroxyl groups excluding tert-OH is 1. The Morgan fingerprint density at radius 3 is 2.85 bits per heavy atom. The number of allylic oxidation sites excluding steroid dienone is 1. The minimum atomic E-state index is -0.996. The largest absolute Gasteiger partial charge is 0.389 e. The highest BCUT2D eigenvalue weighted by Gasteiger charge is 2.37. The number of carbonyl (C=O) groups excluding carboxylic acids is 1. The molecule has 0 saturated heterocycles. The summed E-state index contributed by atoms with van der Waals surface area (Å²) < 4.78 is 5.74. The van der Waals surface area contributed by atoms with Crippen molar-refractivity contribution in [1.82, 2.24) is 5.32 Å². The summed E-state index contributed by atoms with van der Waals surface area (Å²) in [4.78, 5) is 16.4. The van der Waals surface area contributed by atoms with Gasteiger partial charge in [0.05, 0.1) is 19.3 Å². The zero-order valence-corrected chi connectivity index (χ0v) is 12.6. The summed E-state index contributed by atoms with van der Waals surface area (Å²) in [6, 6.07) is 0.305. The predicted molar refractivity (Wildman–Crippen MR) is 80.2 cm³/mol. The Balaban J connectivity index is 2.56. The first-order valence-corrected chi connectivity index (χ1v) is 7.26. The number of ketones is 1. The Hall–Kier alpha value is -1.04. The van der Waals surface area contributed by atoms with E-state index in [0.29, 0.717) is 25.6 Å². The van der Waals surface area contributed by atoms with E-state index >= 15 is 0 Å². The van der Waals surface area contributed by atoms with E-state index in [-0.39, 0.29) is 12.4 Å². The molecule has 114 valence electrons. The quantitative estimate of drug-likeness (QED) is 0.664. The van der Waals surface area contributed by atoms with Gasteiger partial charge in [-0.1, -0.05) is 20.8 Å². The van der Waals surface area contributed by atoms with E-state index in [2.05, 4.69) is 10.3 Å². The van der Waals surface area contributed by atoms with Gasteiger partial charge in [-0.2, -0.15) is 0 Å². The van der Waals surface area contributed by atoms with Crippen LogP contribution in [0.3, 0.4) is 0 Å². The standard InChI is InChI=1S/C15H26N2O3/c1-4-6-14(19)15(7-5-8-16-11-15)20-10-13(18)9-17-12(2)3/h5,7-8,12-13,17-18H,4,6,9-11H2,1-3H3. The molecular formula is C15H26N2O3. The van der Waals surface area contributed by atoms with Crippen molar-refractivity contribution in [2.75, 3.05) is 19.7 Å². The van der Waals surface area contributed by atoms with Gasteiger partial charge in [0, 0.05) is 25.2 Å². The molecule has 0 spiro atoms. The second-order valence-electron chi connectivity index (χ2n) is 5.44. The van der Waals surface area contributed by atoms with Crippen molar-refractivity contribution in [3.8, 4) is 0 Å². The van der Waals surface area contributed by atoms with Crippen LogP contribution in [0, 0.1) is 0 Å². The van der Waals surface area contributed by atoms with E-state index < -0.39 is 11.7 Å². The van der Waals surface area contributed by atoms with Gasteiger partial charge < -0.3 is 15.2 Å². The van der Waals surface area contributed by atoms with E-state index in [1.165, 1.54) is 0 Å². The highest BCUT2D eigenvalue weighted by Crippen LogP contribution is 2.21. The minimum absolute atomic E-state index is 0.0251. The lowest BCUT2D eigenvalue weighted by Gasteiger charge is -2.30. The third-order valence-electron chi connectivity index (χ3n) is 3.13. The fraction of sp³-hybridized carbons (Fsp3) is 0.733. The normalized spacial score (nSPS) is 23.2. The van der Waals surface area contributed by atoms with Crippen LogP contribution in [0.1, 0.15) is 33.6 Å². The maximum absolute atomic E-state index is 12.3. The van der Waals surface area contributed by atoms with Crippen LogP contribution >= 0.6 is 0 Å². The van der Waals surface area contributed by atoms with Crippen molar-refractivity contribution in [2.45, 2.75) is 51.4 Å². The molecule has 0 aromatic carbocycles. The number of hydrogen-bond donors (Lipinski definition) is 2. The highest BCUT2D eigenvalue weighted by molar-refractivity contribution is 5.92. The van der Waals surface area contributed by atoms with Crippen molar-refractivity contribution >= 4 is 12.0 Å². The van der Waals surface area contributed by atoms with E-state index in [0.717, 1.165) is 6.42 Å². The van der Waals surface area contributed by atoms with Crippen molar-refractivity contribution < 1.29 is 14.6 Å². The molecule has 0 bridgehead atoms. The van der Waals surface area contributed by atoms with Gasteiger partial charge in [0.2, 0.25) is 0 Å². The van der Waals surface area contributed by atoms with E-state index in [4.69, 9.17) is 4.74 Å². The number of aliphatic imine (C=N–C) groups is 1. The lowest BCUT2D eigenvalue weighted by atomic mass is 9.93. The van der Waals surface area contributed by atoms with Crippen molar-refractivity contribution in [3.05, 3.63) is 12.2 Å². The highest BCUT2D eigenvalue weighted by atomic mass is 16.5. The average molecular weight is 282 g/mol. The second kappa shape index (κ2) is 8.29. The van der Waals surface area contributed by atoms with Crippen LogP contribution in [0.15, 0.2) is 17.1 Å². The van der Waals surface area contributed by atoms with Crippen LogP contribution in [0.5, 0.6) is 0 Å². The summed E-state index contributed by atoms with van der Waals surface area (Å²) in [7, 11) is 0. The van der Waals surface area contributed by atoms with E-state index in [1.54, 1.807) is 18.4 Å². The Bertz CT molecular complexity index is 366. The second-order valence-corrected chi connectivity index (χ2v) is 5.44. The molecule has 0 amide bonds. The number of carbonyl (C=O) groups is 1. The molecule has 0 fully saturated rings. The lowest BCUT2D eigenvalue weighted by Crippen LogP contribution is -2.46. The summed E-state index contributed by atoms with van der Waals surface area (Å²) in [5.41, 5.74) is -0.996. The summed E-state index contributed by atoms with van der Waals surface area (Å²) in [5.74, 6) is 0.0251. The Kier molecular flexibility index (Phi) is 7.05. The molecule has 1 rings (SSSR count). The van der Waals surface area contributed by atoms with E-state index in [1.807, 2.05) is 20.8 Å². The molecule has 2 unspecified atom stereocenters. The summed E-state index contributed by atoms with van der Waals surface area (Å²) >= 11 is 0. The molecule has 20 heavy (non-hydrogen) atoms. The average Bonchev–Trinajstić information content (AvgIpc) is 2.44. The Morgan fingerprint density at radius 1 is 1.55 bits per heavy atom. The monoisotopic (exact) mass is 282 g/mol. The number of rotatable bonds is 9. The molecule has 0 saturated carbocycles. The molecule has 0 radical (unpaired) electrons. The molecular weight excluding hydrogens is 256 g/mol. The van der Waals surface area contributed by atoms with Crippen LogP contribution in [-0.2, 0) is 9.53 Å². The SMILES string of the molecule is CCCC(=O)C1(OCC(O)CNC(C)C)C=CC=NC1. The van der Waals surface area contributed by atoms with Crippen LogP contribution in [0.2, 0.25) is 0 Å². The first-order valence-electron chi connectivity index (χ1n) is 7.26. The smallest absolute Gasteiger partial charge is 0.170 e. The first kappa shape index (κ1) is 17.0. The number of nitrogens with zero attached hydrogens (tertiary/aromatic N) is 1. The number of aliphatic hydroxyl groups is 1. The maximum atomic E-state index is 12.3. The van der Waals surface area contributed by atoms with E-state index in [9.17, 15) is 9.90 Å². The first-order chi connectivity index (χ1) is 9.50. The number of hydrogen-bond acceptors (Lipinski definition) is 5. The van der Waals surface area contributed by atoms with Gasteiger partial charge in [-0.3, -0.25) is 9.79 Å². The molecule has 2 N–H and O–H groups in total. The summed E-state index contributed by atoms with van der Waals surface area (Å²) in [6.45, 7) is 6.85. The fourth-order valence-electron chi connectivity index (χ4n) is 1.97. The van der Waals surface area contributed by atoms with Gasteiger partial charge >= 0.3 is 0 Å². The van der Waals surface area contributed by atoms with Gasteiger partial charge in [0.1, 0.15) is 0 Å². The Labute approximate surface area is 121 Å². The predicted octanol–water partition coefficient (Wildman–Crippen LogP) is 1.11.